The van der Waals surface area contributed by atoms with E-state index in [1.54, 1.807) is 15.6 Å². The SMILES string of the molecule is CC1(C)CNCCN1C(=O)c1cc2n(n1)CCCN(C(=O)OCc1cc(C(F)(F)F)cc(C(F)(F)F)c1)C2. The van der Waals surface area contributed by atoms with Gasteiger partial charge in [-0.25, -0.2) is 4.79 Å². The van der Waals surface area contributed by atoms with E-state index in [1.165, 1.54) is 4.90 Å². The van der Waals surface area contributed by atoms with Gasteiger partial charge in [-0.1, -0.05) is 0 Å². The van der Waals surface area contributed by atoms with Crippen LogP contribution in [0.4, 0.5) is 31.1 Å². The number of hydrogen-bond acceptors (Lipinski definition) is 5. The summed E-state index contributed by atoms with van der Waals surface area (Å²) >= 11 is 0. The third-order valence-electron chi connectivity index (χ3n) is 6.55. The van der Waals surface area contributed by atoms with Gasteiger partial charge in [-0.15, -0.1) is 0 Å². The second kappa shape index (κ2) is 10.1. The molecule has 0 bridgehead atoms. The van der Waals surface area contributed by atoms with Crippen LogP contribution in [0.5, 0.6) is 0 Å². The number of benzene rings is 1. The summed E-state index contributed by atoms with van der Waals surface area (Å²) in [6.07, 6.45) is -10.4. The lowest BCUT2D eigenvalue weighted by Crippen LogP contribution is -2.59. The minimum Gasteiger partial charge on any atom is -0.445 e. The highest BCUT2D eigenvalue weighted by atomic mass is 19.4. The van der Waals surface area contributed by atoms with Crippen LogP contribution in [0.15, 0.2) is 24.3 Å². The molecule has 1 aromatic heterocycles. The number of aromatic nitrogens is 2. The molecular weight excluding hydrogens is 520 g/mol. The van der Waals surface area contributed by atoms with E-state index in [1.807, 2.05) is 13.8 Å². The van der Waals surface area contributed by atoms with Gasteiger partial charge in [-0.05, 0) is 50.1 Å². The molecule has 3 heterocycles. The van der Waals surface area contributed by atoms with E-state index in [2.05, 4.69) is 10.4 Å². The number of aryl methyl sites for hydroxylation is 1. The number of rotatable bonds is 3. The van der Waals surface area contributed by atoms with Crippen molar-refractivity contribution in [3.63, 3.8) is 0 Å². The summed E-state index contributed by atoms with van der Waals surface area (Å²) in [4.78, 5) is 28.9. The molecule has 0 atom stereocenters. The Kier molecular flexibility index (Phi) is 7.38. The molecule has 0 spiro atoms. The normalized spacial score (nSPS) is 18.1. The van der Waals surface area contributed by atoms with Crippen molar-refractivity contribution in [2.45, 2.75) is 57.9 Å². The lowest BCUT2D eigenvalue weighted by molar-refractivity contribution is -0.143. The average molecular weight is 548 g/mol. The minimum absolute atomic E-state index is 0.0143. The molecule has 0 saturated carbocycles. The Morgan fingerprint density at radius 1 is 1.00 bits per heavy atom. The second-order valence-electron chi connectivity index (χ2n) is 9.93. The standard InChI is InChI=1S/C24H27F6N5O3/c1-22(2)14-31-4-7-34(22)20(36)19-11-18-12-33(5-3-6-35(18)32-19)21(37)38-13-15-8-16(23(25,26)27)10-17(9-15)24(28,29)30/h8-11,31H,3-7,12-14H2,1-2H3. The van der Waals surface area contributed by atoms with E-state index in [4.69, 9.17) is 4.74 Å². The fraction of sp³-hybridized carbons (Fsp3) is 0.542. The maximum Gasteiger partial charge on any atom is 0.416 e. The molecule has 1 fully saturated rings. The first-order chi connectivity index (χ1) is 17.6. The van der Waals surface area contributed by atoms with E-state index >= 15 is 0 Å². The number of carbonyl (C=O) groups is 2. The first kappa shape index (κ1) is 27.7. The molecule has 1 N–H and O–H groups in total. The predicted octanol–water partition coefficient (Wildman–Crippen LogP) is 4.29. The molecule has 0 unspecified atom stereocenters. The van der Waals surface area contributed by atoms with Crippen LogP contribution in [0, 0.1) is 0 Å². The molecule has 2 aliphatic rings. The number of alkyl halides is 6. The van der Waals surface area contributed by atoms with Gasteiger partial charge in [0, 0.05) is 32.7 Å². The van der Waals surface area contributed by atoms with Crippen molar-refractivity contribution in [2.24, 2.45) is 0 Å². The van der Waals surface area contributed by atoms with Gasteiger partial charge in [0.2, 0.25) is 0 Å². The van der Waals surface area contributed by atoms with Crippen LogP contribution in [-0.2, 0) is 36.8 Å². The summed E-state index contributed by atoms with van der Waals surface area (Å²) in [7, 11) is 0. The van der Waals surface area contributed by atoms with Gasteiger partial charge in [0.15, 0.2) is 5.69 Å². The van der Waals surface area contributed by atoms with Gasteiger partial charge in [0.05, 0.1) is 28.9 Å². The van der Waals surface area contributed by atoms with E-state index in [0.29, 0.717) is 50.4 Å². The number of amides is 2. The van der Waals surface area contributed by atoms with E-state index in [-0.39, 0.29) is 30.8 Å². The Bertz CT molecular complexity index is 1170. The predicted molar refractivity (Wildman–Crippen MR) is 122 cm³/mol. The van der Waals surface area contributed by atoms with E-state index in [9.17, 15) is 35.9 Å². The van der Waals surface area contributed by atoms with E-state index in [0.717, 1.165) is 0 Å². The van der Waals surface area contributed by atoms with Crippen molar-refractivity contribution in [1.29, 1.82) is 0 Å². The first-order valence-corrected chi connectivity index (χ1v) is 11.9. The first-order valence-electron chi connectivity index (χ1n) is 11.9. The van der Waals surface area contributed by atoms with Crippen LogP contribution in [0.1, 0.15) is 53.1 Å². The summed E-state index contributed by atoms with van der Waals surface area (Å²) in [5.41, 5.74) is -3.03. The van der Waals surface area contributed by atoms with Crippen LogP contribution in [-0.4, -0.2) is 63.3 Å². The lowest BCUT2D eigenvalue weighted by Gasteiger charge is -2.42. The van der Waals surface area contributed by atoms with Crippen molar-refractivity contribution in [3.8, 4) is 0 Å². The quantitative estimate of drug-likeness (QED) is 0.581. The molecule has 2 aliphatic heterocycles. The summed E-state index contributed by atoms with van der Waals surface area (Å²) in [5, 5.41) is 7.66. The number of fused-ring (bicyclic) bond motifs is 1. The molecule has 8 nitrogen and oxygen atoms in total. The number of nitrogens with one attached hydrogen (secondary N) is 1. The highest BCUT2D eigenvalue weighted by Gasteiger charge is 2.38. The number of ether oxygens (including phenoxy) is 1. The Morgan fingerprint density at radius 2 is 1.66 bits per heavy atom. The summed E-state index contributed by atoms with van der Waals surface area (Å²) in [5.74, 6) is -0.240. The number of piperazine rings is 1. The van der Waals surface area contributed by atoms with Crippen molar-refractivity contribution in [1.82, 2.24) is 24.9 Å². The Labute approximate surface area is 214 Å². The molecule has 1 aromatic carbocycles. The Hall–Kier alpha value is -3.29. The van der Waals surface area contributed by atoms with Crippen molar-refractivity contribution in [2.75, 3.05) is 26.2 Å². The fourth-order valence-corrected chi connectivity index (χ4v) is 4.56. The zero-order valence-corrected chi connectivity index (χ0v) is 20.7. The molecule has 2 amide bonds. The molecule has 1 saturated heterocycles. The third-order valence-corrected chi connectivity index (χ3v) is 6.55. The topological polar surface area (TPSA) is 79.7 Å². The molecule has 14 heteroatoms. The van der Waals surface area contributed by atoms with Gasteiger partial charge in [-0.3, -0.25) is 9.48 Å². The number of hydrogen-bond donors (Lipinski definition) is 1. The fourth-order valence-electron chi connectivity index (χ4n) is 4.56. The average Bonchev–Trinajstić information content (AvgIpc) is 3.12. The van der Waals surface area contributed by atoms with Gasteiger partial charge in [0.1, 0.15) is 6.61 Å². The maximum atomic E-state index is 13.1. The summed E-state index contributed by atoms with van der Waals surface area (Å²) in [6, 6.07) is 2.65. The highest BCUT2D eigenvalue weighted by molar-refractivity contribution is 5.93. The zero-order valence-electron chi connectivity index (χ0n) is 20.7. The monoisotopic (exact) mass is 547 g/mol. The maximum absolute atomic E-state index is 13.1. The number of carbonyl (C=O) groups excluding carboxylic acids is 2. The van der Waals surface area contributed by atoms with Crippen LogP contribution < -0.4 is 5.32 Å². The molecule has 2 aromatic rings. The van der Waals surface area contributed by atoms with Crippen molar-refractivity contribution in [3.05, 3.63) is 52.3 Å². The highest BCUT2D eigenvalue weighted by Crippen LogP contribution is 2.36. The Morgan fingerprint density at radius 3 is 2.26 bits per heavy atom. The molecule has 4 rings (SSSR count). The van der Waals surface area contributed by atoms with Gasteiger partial charge >= 0.3 is 18.4 Å². The van der Waals surface area contributed by atoms with Gasteiger partial charge in [-0.2, -0.15) is 31.4 Å². The molecule has 208 valence electrons. The zero-order chi connectivity index (χ0) is 27.9. The number of nitrogens with zero attached hydrogens (tertiary/aromatic N) is 4. The lowest BCUT2D eigenvalue weighted by atomic mass is 9.99. The number of halogens is 6. The smallest absolute Gasteiger partial charge is 0.416 e. The Balaban J connectivity index is 1.46. The van der Waals surface area contributed by atoms with Crippen LogP contribution in [0.25, 0.3) is 0 Å². The van der Waals surface area contributed by atoms with Crippen molar-refractivity contribution < 1.29 is 40.7 Å². The summed E-state index contributed by atoms with van der Waals surface area (Å²) in [6.45, 7) is 5.56. The van der Waals surface area contributed by atoms with Crippen LogP contribution in [0.3, 0.4) is 0 Å². The molecular formula is C24H27F6N5O3. The van der Waals surface area contributed by atoms with E-state index < -0.39 is 47.3 Å². The third kappa shape index (κ3) is 6.05. The van der Waals surface area contributed by atoms with Gasteiger partial charge < -0.3 is 19.9 Å². The van der Waals surface area contributed by atoms with Crippen LogP contribution >= 0.6 is 0 Å². The minimum atomic E-state index is -5.00. The molecule has 0 radical (unpaired) electrons. The second-order valence-corrected chi connectivity index (χ2v) is 9.93. The largest absolute Gasteiger partial charge is 0.445 e. The van der Waals surface area contributed by atoms with Gasteiger partial charge in [0.25, 0.3) is 5.91 Å². The molecule has 38 heavy (non-hydrogen) atoms. The van der Waals surface area contributed by atoms with Crippen molar-refractivity contribution >= 4 is 12.0 Å². The van der Waals surface area contributed by atoms with Crippen LogP contribution in [0.2, 0.25) is 0 Å². The summed E-state index contributed by atoms with van der Waals surface area (Å²) < 4.78 is 85.4. The molecule has 0 aliphatic carbocycles.